The molecule has 3 nitrogen and oxygen atoms in total. The minimum Gasteiger partial charge on any atom is -0.268 e. The van der Waals surface area contributed by atoms with Gasteiger partial charge in [0.15, 0.2) is 0 Å². The van der Waals surface area contributed by atoms with E-state index in [0.717, 1.165) is 16.7 Å². The van der Waals surface area contributed by atoms with Gasteiger partial charge in [-0.05, 0) is 41.1 Å². The molecular weight excluding hydrogens is 389 g/mol. The lowest BCUT2D eigenvalue weighted by Gasteiger charge is -2.13. The first-order valence-corrected chi connectivity index (χ1v) is 8.85. The summed E-state index contributed by atoms with van der Waals surface area (Å²) in [5, 5.41) is 0.903. The zero-order valence-corrected chi connectivity index (χ0v) is 15.2. The predicted molar refractivity (Wildman–Crippen MR) is 99.4 cm³/mol. The zero-order chi connectivity index (χ0) is 17.3. The highest BCUT2D eigenvalue weighted by atomic mass is 35.5. The van der Waals surface area contributed by atoms with Crippen molar-refractivity contribution >= 4 is 63.8 Å². The molecule has 2 amide bonds. The third-order valence-electron chi connectivity index (χ3n) is 3.43. The van der Waals surface area contributed by atoms with Crippen molar-refractivity contribution in [1.29, 1.82) is 0 Å². The van der Waals surface area contributed by atoms with E-state index in [1.165, 1.54) is 0 Å². The summed E-state index contributed by atoms with van der Waals surface area (Å²) in [6.07, 6.45) is 1.58. The minimum atomic E-state index is -0.374. The molecule has 1 saturated heterocycles. The summed E-state index contributed by atoms with van der Waals surface area (Å²) in [7, 11) is 0. The number of hydrogen-bond acceptors (Lipinski definition) is 3. The van der Waals surface area contributed by atoms with Crippen molar-refractivity contribution in [3.05, 3.63) is 73.6 Å². The quantitative estimate of drug-likeness (QED) is 0.606. The molecule has 0 radical (unpaired) electrons. The Morgan fingerprint density at radius 3 is 2.42 bits per heavy atom. The molecule has 0 unspecified atom stereocenters. The molecule has 122 valence electrons. The van der Waals surface area contributed by atoms with Crippen molar-refractivity contribution in [3.8, 4) is 0 Å². The van der Waals surface area contributed by atoms with Gasteiger partial charge in [0.25, 0.3) is 11.1 Å². The van der Waals surface area contributed by atoms with E-state index in [1.54, 1.807) is 42.5 Å². The van der Waals surface area contributed by atoms with E-state index in [4.69, 9.17) is 34.8 Å². The maximum absolute atomic E-state index is 12.5. The van der Waals surface area contributed by atoms with Gasteiger partial charge in [-0.1, -0.05) is 65.1 Å². The summed E-state index contributed by atoms with van der Waals surface area (Å²) in [4.78, 5) is 26.2. The van der Waals surface area contributed by atoms with Gasteiger partial charge in [-0.25, -0.2) is 0 Å². The van der Waals surface area contributed by atoms with Gasteiger partial charge >= 0.3 is 0 Å². The molecule has 7 heteroatoms. The molecule has 0 aliphatic carbocycles. The molecule has 0 aromatic heterocycles. The van der Waals surface area contributed by atoms with Crippen molar-refractivity contribution in [2.75, 3.05) is 0 Å². The lowest BCUT2D eigenvalue weighted by Crippen LogP contribution is -2.27. The first-order chi connectivity index (χ1) is 11.5. The summed E-state index contributed by atoms with van der Waals surface area (Å²) >= 11 is 19.1. The van der Waals surface area contributed by atoms with E-state index >= 15 is 0 Å². The number of amides is 2. The Balaban J connectivity index is 1.88. The summed E-state index contributed by atoms with van der Waals surface area (Å²) in [6.45, 7) is 0.130. The average molecular weight is 399 g/mol. The molecule has 0 atom stereocenters. The highest BCUT2D eigenvalue weighted by molar-refractivity contribution is 8.18. The fourth-order valence-electron chi connectivity index (χ4n) is 2.21. The molecule has 2 aromatic rings. The Hall–Kier alpha value is -1.46. The van der Waals surface area contributed by atoms with Crippen LogP contribution < -0.4 is 0 Å². The summed E-state index contributed by atoms with van der Waals surface area (Å²) in [5.74, 6) is -0.374. The number of hydrogen-bond donors (Lipinski definition) is 0. The lowest BCUT2D eigenvalue weighted by atomic mass is 10.2. The summed E-state index contributed by atoms with van der Waals surface area (Å²) in [5.41, 5.74) is 1.30. The highest BCUT2D eigenvalue weighted by Crippen LogP contribution is 2.36. The molecule has 1 aliphatic heterocycles. The van der Waals surface area contributed by atoms with Crippen molar-refractivity contribution in [3.63, 3.8) is 0 Å². The van der Waals surface area contributed by atoms with Crippen LogP contribution in [-0.2, 0) is 11.3 Å². The van der Waals surface area contributed by atoms with E-state index in [0.29, 0.717) is 31.1 Å². The number of benzene rings is 2. The van der Waals surface area contributed by atoms with E-state index in [-0.39, 0.29) is 17.7 Å². The van der Waals surface area contributed by atoms with Gasteiger partial charge < -0.3 is 0 Å². The van der Waals surface area contributed by atoms with Crippen molar-refractivity contribution in [1.82, 2.24) is 4.90 Å². The van der Waals surface area contributed by atoms with Gasteiger partial charge in [0.1, 0.15) is 0 Å². The fraction of sp³-hybridized carbons (Fsp3) is 0.0588. The maximum atomic E-state index is 12.5. The number of halogens is 3. The molecule has 1 fully saturated rings. The van der Waals surface area contributed by atoms with Crippen LogP contribution in [0.25, 0.3) is 6.08 Å². The van der Waals surface area contributed by atoms with Crippen molar-refractivity contribution < 1.29 is 9.59 Å². The van der Waals surface area contributed by atoms with Gasteiger partial charge in [-0.15, -0.1) is 0 Å². The van der Waals surface area contributed by atoms with Gasteiger partial charge in [0.05, 0.1) is 21.5 Å². The molecular formula is C17H10Cl3NO2S. The van der Waals surface area contributed by atoms with Crippen LogP contribution in [0, 0.1) is 0 Å². The molecule has 24 heavy (non-hydrogen) atoms. The van der Waals surface area contributed by atoms with Gasteiger partial charge in [0, 0.05) is 5.02 Å². The number of carbonyl (C=O) groups is 2. The molecule has 0 N–H and O–H groups in total. The SMILES string of the molecule is O=C1S/C(=C\c2cccc(Cl)c2Cl)C(=O)N1Cc1ccccc1Cl. The lowest BCUT2D eigenvalue weighted by molar-refractivity contribution is -0.123. The Labute approximate surface area is 158 Å². The maximum Gasteiger partial charge on any atom is 0.293 e. The van der Waals surface area contributed by atoms with Crippen molar-refractivity contribution in [2.45, 2.75) is 6.54 Å². The molecule has 2 aromatic carbocycles. The number of imide groups is 1. The third kappa shape index (κ3) is 3.47. The van der Waals surface area contributed by atoms with E-state index < -0.39 is 0 Å². The zero-order valence-electron chi connectivity index (χ0n) is 12.1. The minimum absolute atomic E-state index is 0.130. The second-order valence-corrected chi connectivity index (χ2v) is 7.19. The summed E-state index contributed by atoms with van der Waals surface area (Å²) in [6, 6.07) is 12.2. The second kappa shape index (κ2) is 7.19. The number of carbonyl (C=O) groups excluding carboxylic acids is 2. The van der Waals surface area contributed by atoms with Crippen molar-refractivity contribution in [2.24, 2.45) is 0 Å². The third-order valence-corrected chi connectivity index (χ3v) is 5.54. The second-order valence-electron chi connectivity index (χ2n) is 5.00. The normalized spacial score (nSPS) is 16.3. The first-order valence-electron chi connectivity index (χ1n) is 6.90. The number of nitrogens with zero attached hydrogens (tertiary/aromatic N) is 1. The Kier molecular flexibility index (Phi) is 5.21. The van der Waals surface area contributed by atoms with Crippen LogP contribution in [0.15, 0.2) is 47.4 Å². The van der Waals surface area contributed by atoms with E-state index in [2.05, 4.69) is 0 Å². The van der Waals surface area contributed by atoms with Crippen LogP contribution in [-0.4, -0.2) is 16.0 Å². The smallest absolute Gasteiger partial charge is 0.268 e. The number of rotatable bonds is 3. The van der Waals surface area contributed by atoms with E-state index in [1.807, 2.05) is 6.07 Å². The Morgan fingerprint density at radius 2 is 1.67 bits per heavy atom. The molecule has 1 heterocycles. The van der Waals surface area contributed by atoms with Crippen LogP contribution in [0.1, 0.15) is 11.1 Å². The first kappa shape index (κ1) is 17.4. The van der Waals surface area contributed by atoms with Crippen LogP contribution in [0.5, 0.6) is 0 Å². The highest BCUT2D eigenvalue weighted by Gasteiger charge is 2.35. The van der Waals surface area contributed by atoms with Gasteiger partial charge in [-0.3, -0.25) is 14.5 Å². The topological polar surface area (TPSA) is 37.4 Å². The standard InChI is InChI=1S/C17H10Cl3NO2S/c18-12-6-2-1-4-11(12)9-21-16(22)14(24-17(21)23)8-10-5-3-7-13(19)15(10)20/h1-8H,9H2/b14-8-. The van der Waals surface area contributed by atoms with Crippen LogP contribution in [0.3, 0.4) is 0 Å². The largest absolute Gasteiger partial charge is 0.293 e. The molecule has 0 bridgehead atoms. The number of thioether (sulfide) groups is 1. The molecule has 0 saturated carbocycles. The molecule has 3 rings (SSSR count). The van der Waals surface area contributed by atoms with Crippen LogP contribution in [0.2, 0.25) is 15.1 Å². The monoisotopic (exact) mass is 397 g/mol. The molecule has 0 spiro atoms. The predicted octanol–water partition coefficient (Wildman–Crippen LogP) is 5.88. The Bertz CT molecular complexity index is 867. The van der Waals surface area contributed by atoms with Crippen LogP contribution in [0.4, 0.5) is 4.79 Å². The fourth-order valence-corrected chi connectivity index (χ4v) is 3.59. The Morgan fingerprint density at radius 1 is 0.958 bits per heavy atom. The molecule has 1 aliphatic rings. The average Bonchev–Trinajstić information content (AvgIpc) is 2.81. The van der Waals surface area contributed by atoms with Crippen LogP contribution >= 0.6 is 46.6 Å². The van der Waals surface area contributed by atoms with E-state index in [9.17, 15) is 9.59 Å². The van der Waals surface area contributed by atoms with Gasteiger partial charge in [-0.2, -0.15) is 0 Å². The summed E-state index contributed by atoms with van der Waals surface area (Å²) < 4.78 is 0. The van der Waals surface area contributed by atoms with Gasteiger partial charge in [0.2, 0.25) is 0 Å².